The van der Waals surface area contributed by atoms with Crippen LogP contribution in [-0.4, -0.2) is 58.6 Å². The molecule has 1 aliphatic rings. The van der Waals surface area contributed by atoms with E-state index in [0.717, 1.165) is 24.0 Å². The van der Waals surface area contributed by atoms with Crippen LogP contribution in [0.25, 0.3) is 0 Å². The lowest BCUT2D eigenvalue weighted by Gasteiger charge is -2.37. The van der Waals surface area contributed by atoms with E-state index in [9.17, 15) is 19.5 Å². The molecule has 1 heterocycles. The number of benzene rings is 1. The lowest BCUT2D eigenvalue weighted by Crippen LogP contribution is -2.53. The maximum Gasteiger partial charge on any atom is 0.326 e. The molecule has 152 valence electrons. The topological polar surface area (TPSA) is 87.2 Å². The van der Waals surface area contributed by atoms with Gasteiger partial charge in [0.2, 0.25) is 0 Å². The van der Waals surface area contributed by atoms with Crippen LogP contribution in [0.4, 0.5) is 4.79 Å². The third-order valence-corrected chi connectivity index (χ3v) is 4.75. The van der Waals surface area contributed by atoms with Gasteiger partial charge in [-0.3, -0.25) is 4.79 Å². The number of carbonyl (C=O) groups excluding carboxylic acids is 2. The number of rotatable bonds is 9. The molecule has 28 heavy (non-hydrogen) atoms. The Hall–Kier alpha value is -2.83. The predicted octanol–water partition coefficient (Wildman–Crippen LogP) is 2.84. The minimum Gasteiger partial charge on any atom is -0.480 e. The lowest BCUT2D eigenvalue weighted by molar-refractivity contribution is -0.145. The highest BCUT2D eigenvalue weighted by atomic mass is 16.5. The Bertz CT molecular complexity index is 719. The van der Waals surface area contributed by atoms with Crippen LogP contribution in [0.1, 0.15) is 37.3 Å². The Labute approximate surface area is 165 Å². The molecule has 2 rings (SSSR count). The number of carboxylic acid groups (broad SMARTS) is 1. The Morgan fingerprint density at radius 2 is 2.04 bits per heavy atom. The quantitative estimate of drug-likeness (QED) is 0.399. The van der Waals surface area contributed by atoms with Crippen LogP contribution >= 0.6 is 0 Å². The second kappa shape index (κ2) is 10.5. The monoisotopic (exact) mass is 388 g/mol. The summed E-state index contributed by atoms with van der Waals surface area (Å²) in [5.41, 5.74) is 1.87. The first-order valence-electron chi connectivity index (χ1n) is 9.59. The maximum atomic E-state index is 13.1. The van der Waals surface area contributed by atoms with Gasteiger partial charge in [0.1, 0.15) is 6.04 Å². The van der Waals surface area contributed by atoms with Crippen molar-refractivity contribution in [2.45, 2.75) is 45.2 Å². The van der Waals surface area contributed by atoms with E-state index >= 15 is 0 Å². The number of nitrogens with zero attached hydrogens (tertiary/aromatic N) is 2. The average Bonchev–Trinajstić information content (AvgIpc) is 2.69. The molecule has 0 spiro atoms. The summed E-state index contributed by atoms with van der Waals surface area (Å²) < 4.78 is 5.13. The molecule has 1 atom stereocenters. The first-order chi connectivity index (χ1) is 13.5. The predicted molar refractivity (Wildman–Crippen MR) is 105 cm³/mol. The number of unbranched alkanes of at least 4 members (excludes halogenated alkanes) is 1. The van der Waals surface area contributed by atoms with Gasteiger partial charge >= 0.3 is 18.0 Å². The number of aliphatic carboxylic acids is 1. The van der Waals surface area contributed by atoms with Gasteiger partial charge in [-0.2, -0.15) is 0 Å². The van der Waals surface area contributed by atoms with Gasteiger partial charge in [-0.15, -0.1) is 6.58 Å². The zero-order valence-corrected chi connectivity index (χ0v) is 16.3. The van der Waals surface area contributed by atoms with Crippen LogP contribution in [0.15, 0.2) is 36.9 Å². The van der Waals surface area contributed by atoms with Gasteiger partial charge in [-0.05, 0) is 17.5 Å². The summed E-state index contributed by atoms with van der Waals surface area (Å²) in [6.45, 7) is 6.64. The SMILES string of the molecule is C=CCN(CCC(=O)OCCCC)C(=O)N1Cc2ccccc2C[C@H]1C(=O)O. The number of esters is 1. The summed E-state index contributed by atoms with van der Waals surface area (Å²) in [6, 6.07) is 6.17. The van der Waals surface area contributed by atoms with Crippen molar-refractivity contribution in [1.29, 1.82) is 0 Å². The van der Waals surface area contributed by atoms with Crippen molar-refractivity contribution in [2.24, 2.45) is 0 Å². The first-order valence-corrected chi connectivity index (χ1v) is 9.59. The Morgan fingerprint density at radius 3 is 2.68 bits per heavy atom. The number of amides is 2. The lowest BCUT2D eigenvalue weighted by atomic mass is 9.94. The second-order valence-corrected chi connectivity index (χ2v) is 6.80. The molecular formula is C21H28N2O5. The van der Waals surface area contributed by atoms with Crippen LogP contribution in [0, 0.1) is 0 Å². The Balaban J connectivity index is 2.08. The van der Waals surface area contributed by atoms with Crippen molar-refractivity contribution in [3.63, 3.8) is 0 Å². The molecule has 0 radical (unpaired) electrons. The molecule has 0 aliphatic carbocycles. The summed E-state index contributed by atoms with van der Waals surface area (Å²) in [6.07, 6.45) is 3.62. The van der Waals surface area contributed by atoms with Gasteiger partial charge in [-0.1, -0.05) is 43.7 Å². The minimum absolute atomic E-state index is 0.0610. The van der Waals surface area contributed by atoms with Crippen LogP contribution in [0.3, 0.4) is 0 Å². The summed E-state index contributed by atoms with van der Waals surface area (Å²) in [5, 5.41) is 9.63. The highest BCUT2D eigenvalue weighted by Gasteiger charge is 2.36. The third kappa shape index (κ3) is 5.58. The molecule has 7 heteroatoms. The number of hydrogen-bond acceptors (Lipinski definition) is 4. The fourth-order valence-electron chi connectivity index (χ4n) is 3.18. The number of carboxylic acids is 1. The zero-order chi connectivity index (χ0) is 20.5. The highest BCUT2D eigenvalue weighted by molar-refractivity contribution is 5.84. The summed E-state index contributed by atoms with van der Waals surface area (Å²) in [7, 11) is 0. The summed E-state index contributed by atoms with van der Waals surface area (Å²) in [5.74, 6) is -1.41. The van der Waals surface area contributed by atoms with Gasteiger partial charge in [0.05, 0.1) is 13.0 Å². The van der Waals surface area contributed by atoms with E-state index in [0.29, 0.717) is 6.61 Å². The van der Waals surface area contributed by atoms with Crippen LogP contribution in [0.5, 0.6) is 0 Å². The normalized spacial score (nSPS) is 15.5. The fourth-order valence-corrected chi connectivity index (χ4v) is 3.18. The van der Waals surface area contributed by atoms with E-state index in [4.69, 9.17) is 4.74 Å². The number of ether oxygens (including phenoxy) is 1. The number of fused-ring (bicyclic) bond motifs is 1. The average molecular weight is 388 g/mol. The number of urea groups is 1. The van der Waals surface area contributed by atoms with Gasteiger partial charge in [0.15, 0.2) is 0 Å². The molecule has 0 aromatic heterocycles. The van der Waals surface area contributed by atoms with E-state index in [1.54, 1.807) is 6.08 Å². The molecule has 0 saturated carbocycles. The fraction of sp³-hybridized carbons (Fsp3) is 0.476. The van der Waals surface area contributed by atoms with Gasteiger partial charge < -0.3 is 19.6 Å². The summed E-state index contributed by atoms with van der Waals surface area (Å²) >= 11 is 0. The van der Waals surface area contributed by atoms with Crippen LogP contribution < -0.4 is 0 Å². The molecule has 1 aromatic rings. The molecule has 1 N–H and O–H groups in total. The van der Waals surface area contributed by atoms with Crippen molar-refractivity contribution >= 4 is 18.0 Å². The van der Waals surface area contributed by atoms with E-state index in [-0.39, 0.29) is 38.4 Å². The van der Waals surface area contributed by atoms with E-state index in [1.807, 2.05) is 31.2 Å². The molecule has 0 fully saturated rings. The van der Waals surface area contributed by atoms with E-state index < -0.39 is 18.0 Å². The van der Waals surface area contributed by atoms with Crippen molar-refractivity contribution in [3.05, 3.63) is 48.0 Å². The molecule has 7 nitrogen and oxygen atoms in total. The molecule has 2 amide bonds. The van der Waals surface area contributed by atoms with Crippen molar-refractivity contribution in [1.82, 2.24) is 9.80 Å². The molecule has 0 bridgehead atoms. The maximum absolute atomic E-state index is 13.1. The Morgan fingerprint density at radius 1 is 1.32 bits per heavy atom. The third-order valence-electron chi connectivity index (χ3n) is 4.75. The van der Waals surface area contributed by atoms with Crippen molar-refractivity contribution in [3.8, 4) is 0 Å². The van der Waals surface area contributed by atoms with E-state index in [1.165, 1.54) is 9.80 Å². The van der Waals surface area contributed by atoms with E-state index in [2.05, 4.69) is 6.58 Å². The second-order valence-electron chi connectivity index (χ2n) is 6.80. The summed E-state index contributed by atoms with van der Waals surface area (Å²) in [4.78, 5) is 39.5. The highest BCUT2D eigenvalue weighted by Crippen LogP contribution is 2.24. The van der Waals surface area contributed by atoms with Crippen LogP contribution in [-0.2, 0) is 27.3 Å². The van der Waals surface area contributed by atoms with Crippen LogP contribution in [0.2, 0.25) is 0 Å². The smallest absolute Gasteiger partial charge is 0.326 e. The zero-order valence-electron chi connectivity index (χ0n) is 16.3. The first kappa shape index (κ1) is 21.5. The number of carbonyl (C=O) groups is 3. The van der Waals surface area contributed by atoms with Gasteiger partial charge in [-0.25, -0.2) is 9.59 Å². The Kier molecular flexibility index (Phi) is 8.04. The number of hydrogen-bond donors (Lipinski definition) is 1. The van der Waals surface area contributed by atoms with Crippen molar-refractivity contribution < 1.29 is 24.2 Å². The standard InChI is InChI=1S/C21H28N2O5/c1-3-5-13-28-19(24)10-12-22(11-4-2)21(27)23-15-17-9-7-6-8-16(17)14-18(23)20(25)26/h4,6-9,18H,2-3,5,10-15H2,1H3,(H,25,26)/t18-/m0/s1. The van der Waals surface area contributed by atoms with Crippen molar-refractivity contribution in [2.75, 3.05) is 19.7 Å². The molecular weight excluding hydrogens is 360 g/mol. The molecule has 0 unspecified atom stereocenters. The molecule has 1 aromatic carbocycles. The molecule has 0 saturated heterocycles. The van der Waals surface area contributed by atoms with Gasteiger partial charge in [0, 0.05) is 26.1 Å². The van der Waals surface area contributed by atoms with Gasteiger partial charge in [0.25, 0.3) is 0 Å². The molecule has 1 aliphatic heterocycles. The largest absolute Gasteiger partial charge is 0.480 e. The minimum atomic E-state index is -1.04.